The molecule has 0 radical (unpaired) electrons. The van der Waals surface area contributed by atoms with Crippen molar-refractivity contribution >= 4 is 5.69 Å². The first-order valence-corrected chi connectivity index (χ1v) is 13.1. The van der Waals surface area contributed by atoms with Crippen molar-refractivity contribution in [3.05, 3.63) is 102 Å². The number of morpholine rings is 1. The Labute approximate surface area is 224 Å². The molecule has 0 amide bonds. The van der Waals surface area contributed by atoms with Gasteiger partial charge in [-0.05, 0) is 53.6 Å². The summed E-state index contributed by atoms with van der Waals surface area (Å²) < 4.78 is 18.8. The van der Waals surface area contributed by atoms with E-state index in [0.29, 0.717) is 13.2 Å². The fraction of sp³-hybridized carbons (Fsp3) is 0.333. The summed E-state index contributed by atoms with van der Waals surface area (Å²) in [4.78, 5) is 9.31. The van der Waals surface area contributed by atoms with Crippen molar-refractivity contribution in [2.75, 3.05) is 51.5 Å². The number of pyridine rings is 1. The number of methoxy groups -OCH3 is 1. The van der Waals surface area contributed by atoms with Crippen molar-refractivity contribution in [2.45, 2.75) is 19.7 Å². The lowest BCUT2D eigenvalue weighted by molar-refractivity contribution is 0.0177. The molecule has 38 heavy (non-hydrogen) atoms. The molecule has 1 aliphatic heterocycles. The van der Waals surface area contributed by atoms with Crippen molar-refractivity contribution in [3.8, 4) is 11.4 Å². The van der Waals surface area contributed by atoms with E-state index >= 15 is 0 Å². The Morgan fingerprint density at radius 2 is 1.74 bits per heavy atom. The van der Waals surface area contributed by atoms with Gasteiger partial charge in [0.2, 0.25) is 0 Å². The molecule has 0 unspecified atom stereocenters. The summed E-state index contributed by atoms with van der Waals surface area (Å²) in [5, 5.41) is 4.39. The van der Waals surface area contributed by atoms with Crippen LogP contribution in [0.25, 0.3) is 5.69 Å². The maximum absolute atomic E-state index is 5.99. The third-order valence-corrected chi connectivity index (χ3v) is 6.63. The van der Waals surface area contributed by atoms with Crippen LogP contribution >= 0.6 is 0 Å². The summed E-state index contributed by atoms with van der Waals surface area (Å²) in [5.74, 6) is 0.854. The fourth-order valence-corrected chi connectivity index (χ4v) is 4.61. The van der Waals surface area contributed by atoms with E-state index in [2.05, 4.69) is 68.4 Å². The third-order valence-electron chi connectivity index (χ3n) is 6.63. The van der Waals surface area contributed by atoms with Crippen molar-refractivity contribution in [1.29, 1.82) is 0 Å². The molecule has 0 saturated carbocycles. The van der Waals surface area contributed by atoms with E-state index in [9.17, 15) is 0 Å². The van der Waals surface area contributed by atoms with E-state index in [1.807, 2.05) is 35.3 Å². The largest absolute Gasteiger partial charge is 0.497 e. The monoisotopic (exact) mass is 513 g/mol. The number of aromatic nitrogens is 3. The van der Waals surface area contributed by atoms with Gasteiger partial charge in [-0.25, -0.2) is 4.68 Å². The molecule has 8 nitrogen and oxygen atoms in total. The van der Waals surface area contributed by atoms with Crippen LogP contribution in [0.3, 0.4) is 0 Å². The second-order valence-electron chi connectivity index (χ2n) is 9.34. The number of anilines is 1. The molecule has 0 aliphatic carbocycles. The number of hydrogen-bond donors (Lipinski definition) is 0. The highest BCUT2D eigenvalue weighted by Gasteiger charge is 2.13. The lowest BCUT2D eigenvalue weighted by atomic mass is 10.1. The maximum Gasteiger partial charge on any atom is 0.119 e. The zero-order chi connectivity index (χ0) is 26.0. The minimum atomic E-state index is 0.486. The van der Waals surface area contributed by atoms with Gasteiger partial charge in [0, 0.05) is 57.0 Å². The Morgan fingerprint density at radius 1 is 0.921 bits per heavy atom. The number of ether oxygens (including phenoxy) is 3. The van der Waals surface area contributed by atoms with Gasteiger partial charge in [-0.2, -0.15) is 5.10 Å². The molecular formula is C30H35N5O3. The highest BCUT2D eigenvalue weighted by atomic mass is 16.5. The minimum absolute atomic E-state index is 0.486. The Hall–Kier alpha value is -3.72. The van der Waals surface area contributed by atoms with Crippen LogP contribution < -0.4 is 9.64 Å². The molecule has 0 bridgehead atoms. The first kappa shape index (κ1) is 25.9. The van der Waals surface area contributed by atoms with Crippen LogP contribution in [0.2, 0.25) is 0 Å². The second kappa shape index (κ2) is 13.2. The zero-order valence-electron chi connectivity index (χ0n) is 21.9. The van der Waals surface area contributed by atoms with E-state index in [1.165, 1.54) is 11.1 Å². The molecule has 5 rings (SSSR count). The third kappa shape index (κ3) is 7.19. The summed E-state index contributed by atoms with van der Waals surface area (Å²) in [6.07, 6.45) is 5.62. The molecular weight excluding hydrogens is 478 g/mol. The second-order valence-corrected chi connectivity index (χ2v) is 9.34. The lowest BCUT2D eigenvalue weighted by Crippen LogP contribution is -2.38. The predicted molar refractivity (Wildman–Crippen MR) is 148 cm³/mol. The Balaban J connectivity index is 1.31. The predicted octanol–water partition coefficient (Wildman–Crippen LogP) is 4.33. The summed E-state index contributed by atoms with van der Waals surface area (Å²) in [5.41, 5.74) is 5.43. The van der Waals surface area contributed by atoms with Gasteiger partial charge in [0.25, 0.3) is 0 Å². The van der Waals surface area contributed by atoms with Gasteiger partial charge in [-0.15, -0.1) is 0 Å². The van der Waals surface area contributed by atoms with Gasteiger partial charge in [-0.1, -0.05) is 24.3 Å². The maximum atomic E-state index is 5.99. The highest BCUT2D eigenvalue weighted by Crippen LogP contribution is 2.23. The lowest BCUT2D eigenvalue weighted by Gasteiger charge is -2.26. The molecule has 3 heterocycles. The molecule has 2 aromatic heterocycles. The SMILES string of the molecule is COc1cccc(CN(Cc2cccc(-n3cccn3)c2)c2ccnc(COCCN3CCOCC3)c2)c1. The van der Waals surface area contributed by atoms with Crippen molar-refractivity contribution in [1.82, 2.24) is 19.7 Å². The van der Waals surface area contributed by atoms with E-state index in [0.717, 1.165) is 68.8 Å². The van der Waals surface area contributed by atoms with Gasteiger partial charge in [0.05, 0.1) is 44.9 Å². The Kier molecular flexibility index (Phi) is 8.99. The van der Waals surface area contributed by atoms with Crippen LogP contribution in [0.4, 0.5) is 5.69 Å². The molecule has 4 aromatic rings. The van der Waals surface area contributed by atoms with Gasteiger partial charge in [0.1, 0.15) is 5.75 Å². The number of benzene rings is 2. The summed E-state index contributed by atoms with van der Waals surface area (Å²) in [6, 6.07) is 22.8. The average Bonchev–Trinajstić information content (AvgIpc) is 3.51. The van der Waals surface area contributed by atoms with Gasteiger partial charge < -0.3 is 19.1 Å². The van der Waals surface area contributed by atoms with Gasteiger partial charge in [0.15, 0.2) is 0 Å². The molecule has 198 valence electrons. The number of hydrogen-bond acceptors (Lipinski definition) is 7. The van der Waals surface area contributed by atoms with Crippen LogP contribution in [0.1, 0.15) is 16.8 Å². The van der Waals surface area contributed by atoms with Crippen LogP contribution in [-0.4, -0.2) is 66.2 Å². The van der Waals surface area contributed by atoms with Crippen LogP contribution in [0, 0.1) is 0 Å². The quantitative estimate of drug-likeness (QED) is 0.261. The molecule has 8 heteroatoms. The molecule has 0 N–H and O–H groups in total. The molecule has 1 saturated heterocycles. The topological polar surface area (TPSA) is 64.9 Å². The van der Waals surface area contributed by atoms with Crippen molar-refractivity contribution in [3.63, 3.8) is 0 Å². The van der Waals surface area contributed by atoms with E-state index < -0.39 is 0 Å². The normalized spacial score (nSPS) is 13.9. The van der Waals surface area contributed by atoms with Gasteiger partial charge >= 0.3 is 0 Å². The van der Waals surface area contributed by atoms with Gasteiger partial charge in [-0.3, -0.25) is 9.88 Å². The summed E-state index contributed by atoms with van der Waals surface area (Å²) >= 11 is 0. The highest BCUT2D eigenvalue weighted by molar-refractivity contribution is 5.49. The minimum Gasteiger partial charge on any atom is -0.497 e. The standard InChI is InChI=1S/C30H35N5O3/c1-36-30-8-3-6-26(20-30)23-34(22-25-5-2-7-29(19-25)35-12-4-10-32-35)28-9-11-31-27(21-28)24-38-18-15-33-13-16-37-17-14-33/h2-12,19-21H,13-18,22-24H2,1H3. The molecule has 1 aliphatic rings. The number of nitrogens with zero attached hydrogens (tertiary/aromatic N) is 5. The molecule has 2 aromatic carbocycles. The first-order valence-electron chi connectivity index (χ1n) is 13.1. The zero-order valence-corrected chi connectivity index (χ0v) is 21.9. The van der Waals surface area contributed by atoms with Crippen molar-refractivity contribution < 1.29 is 14.2 Å². The summed E-state index contributed by atoms with van der Waals surface area (Å²) in [7, 11) is 1.70. The first-order chi connectivity index (χ1) is 18.8. The van der Waals surface area contributed by atoms with E-state index in [1.54, 1.807) is 13.3 Å². The molecule has 1 fully saturated rings. The smallest absolute Gasteiger partial charge is 0.119 e. The average molecular weight is 514 g/mol. The van der Waals surface area contributed by atoms with Crippen molar-refractivity contribution in [2.24, 2.45) is 0 Å². The molecule has 0 atom stereocenters. The van der Waals surface area contributed by atoms with Crippen LogP contribution in [0.5, 0.6) is 5.75 Å². The Morgan fingerprint density at radius 3 is 2.53 bits per heavy atom. The summed E-state index contributed by atoms with van der Waals surface area (Å²) in [6.45, 7) is 7.08. The number of rotatable bonds is 12. The van der Waals surface area contributed by atoms with Crippen LogP contribution in [-0.2, 0) is 29.2 Å². The van der Waals surface area contributed by atoms with E-state index in [-0.39, 0.29) is 0 Å². The van der Waals surface area contributed by atoms with E-state index in [4.69, 9.17) is 14.2 Å². The van der Waals surface area contributed by atoms with Crippen LogP contribution in [0.15, 0.2) is 85.3 Å². The molecule has 0 spiro atoms. The fourth-order valence-electron chi connectivity index (χ4n) is 4.61. The Bertz CT molecular complexity index is 1270.